The fourth-order valence-corrected chi connectivity index (χ4v) is 2.62. The first-order chi connectivity index (χ1) is 10.2. The Kier molecular flexibility index (Phi) is 3.83. The van der Waals surface area contributed by atoms with Gasteiger partial charge in [0, 0.05) is 17.1 Å². The number of nitrogens with zero attached hydrogens (tertiary/aromatic N) is 2. The molecule has 2 aromatic heterocycles. The monoisotopic (exact) mass is 297 g/mol. The van der Waals surface area contributed by atoms with Gasteiger partial charge in [-0.3, -0.25) is 0 Å². The number of thiazole rings is 1. The summed E-state index contributed by atoms with van der Waals surface area (Å²) in [5, 5.41) is 6.06. The third kappa shape index (κ3) is 3.20. The number of hydrogen-bond acceptors (Lipinski definition) is 5. The van der Waals surface area contributed by atoms with Crippen LogP contribution in [0.2, 0.25) is 0 Å². The normalized spacial score (nSPS) is 10.4. The number of methoxy groups -OCH3 is 1. The Morgan fingerprint density at radius 3 is 2.86 bits per heavy atom. The van der Waals surface area contributed by atoms with Gasteiger partial charge in [0.05, 0.1) is 12.8 Å². The van der Waals surface area contributed by atoms with E-state index < -0.39 is 0 Å². The van der Waals surface area contributed by atoms with Gasteiger partial charge >= 0.3 is 0 Å². The molecule has 3 aromatic rings. The van der Waals surface area contributed by atoms with E-state index in [1.54, 1.807) is 18.4 Å². The molecule has 21 heavy (non-hydrogen) atoms. The molecule has 5 heteroatoms. The number of benzene rings is 1. The molecule has 3 rings (SSSR count). The van der Waals surface area contributed by atoms with E-state index in [-0.39, 0.29) is 0 Å². The van der Waals surface area contributed by atoms with Gasteiger partial charge in [0.25, 0.3) is 0 Å². The minimum absolute atomic E-state index is 0.798. The SMILES string of the molecule is COc1cccc(-c2csc(Nc3ccc(C)cn3)n2)c1. The molecule has 0 saturated heterocycles. The van der Waals surface area contributed by atoms with Gasteiger partial charge in [-0.25, -0.2) is 9.97 Å². The lowest BCUT2D eigenvalue weighted by Gasteiger charge is -2.02. The number of hydrogen-bond donors (Lipinski definition) is 1. The first-order valence-electron chi connectivity index (χ1n) is 6.54. The van der Waals surface area contributed by atoms with Gasteiger partial charge in [-0.2, -0.15) is 0 Å². The highest BCUT2D eigenvalue weighted by Crippen LogP contribution is 2.28. The molecule has 1 N–H and O–H groups in total. The second kappa shape index (κ2) is 5.93. The zero-order valence-electron chi connectivity index (χ0n) is 11.8. The lowest BCUT2D eigenvalue weighted by Crippen LogP contribution is -1.92. The van der Waals surface area contributed by atoms with Crippen molar-refractivity contribution in [3.05, 3.63) is 53.5 Å². The molecule has 0 atom stereocenters. The van der Waals surface area contributed by atoms with E-state index in [0.29, 0.717) is 0 Å². The molecule has 0 fully saturated rings. The standard InChI is InChI=1S/C16H15N3OS/c1-11-6-7-15(17-9-11)19-16-18-14(10-21-16)12-4-3-5-13(8-12)20-2/h3-10H,1-2H3,(H,17,18,19). The summed E-state index contributed by atoms with van der Waals surface area (Å²) in [4.78, 5) is 8.90. The number of ether oxygens (including phenoxy) is 1. The van der Waals surface area contributed by atoms with Crippen LogP contribution in [0.1, 0.15) is 5.56 Å². The van der Waals surface area contributed by atoms with E-state index in [1.165, 1.54) is 0 Å². The van der Waals surface area contributed by atoms with Crippen LogP contribution >= 0.6 is 11.3 Å². The first kappa shape index (κ1) is 13.6. The average molecular weight is 297 g/mol. The van der Waals surface area contributed by atoms with Crippen molar-refractivity contribution in [2.45, 2.75) is 6.92 Å². The maximum absolute atomic E-state index is 5.24. The second-order valence-corrected chi connectivity index (χ2v) is 5.47. The largest absolute Gasteiger partial charge is 0.497 e. The minimum Gasteiger partial charge on any atom is -0.497 e. The third-order valence-electron chi connectivity index (χ3n) is 3.02. The Morgan fingerprint density at radius 2 is 2.10 bits per heavy atom. The number of aryl methyl sites for hydroxylation is 1. The second-order valence-electron chi connectivity index (χ2n) is 4.62. The number of rotatable bonds is 4. The Balaban J connectivity index is 1.81. The number of aromatic nitrogens is 2. The van der Waals surface area contributed by atoms with Crippen molar-refractivity contribution in [1.29, 1.82) is 0 Å². The minimum atomic E-state index is 0.798. The molecule has 4 nitrogen and oxygen atoms in total. The molecule has 0 bridgehead atoms. The average Bonchev–Trinajstić information content (AvgIpc) is 2.98. The fraction of sp³-hybridized carbons (Fsp3) is 0.125. The van der Waals surface area contributed by atoms with E-state index >= 15 is 0 Å². The molecule has 0 unspecified atom stereocenters. The van der Waals surface area contributed by atoms with Crippen LogP contribution in [0.25, 0.3) is 11.3 Å². The predicted molar refractivity (Wildman–Crippen MR) is 86.4 cm³/mol. The van der Waals surface area contributed by atoms with E-state index in [1.807, 2.05) is 54.9 Å². The molecule has 106 valence electrons. The molecule has 0 aliphatic carbocycles. The summed E-state index contributed by atoms with van der Waals surface area (Å²) in [5.74, 6) is 1.63. The summed E-state index contributed by atoms with van der Waals surface area (Å²) in [5.41, 5.74) is 3.10. The van der Waals surface area contributed by atoms with E-state index in [4.69, 9.17) is 4.74 Å². The maximum Gasteiger partial charge on any atom is 0.188 e. The van der Waals surface area contributed by atoms with Crippen LogP contribution in [0.4, 0.5) is 10.9 Å². The molecule has 0 saturated carbocycles. The third-order valence-corrected chi connectivity index (χ3v) is 3.77. The Morgan fingerprint density at radius 1 is 1.19 bits per heavy atom. The molecular weight excluding hydrogens is 282 g/mol. The Bertz CT molecular complexity index is 737. The molecule has 1 aromatic carbocycles. The van der Waals surface area contributed by atoms with E-state index in [0.717, 1.165) is 33.5 Å². The molecule has 0 amide bonds. The zero-order chi connectivity index (χ0) is 14.7. The van der Waals surface area contributed by atoms with Gasteiger partial charge in [0.1, 0.15) is 11.6 Å². The van der Waals surface area contributed by atoms with Gasteiger partial charge in [0.15, 0.2) is 5.13 Å². The lowest BCUT2D eigenvalue weighted by molar-refractivity contribution is 0.415. The van der Waals surface area contributed by atoms with Crippen molar-refractivity contribution < 1.29 is 4.74 Å². The number of nitrogens with one attached hydrogen (secondary N) is 1. The fourth-order valence-electron chi connectivity index (χ4n) is 1.90. The quantitative estimate of drug-likeness (QED) is 0.781. The van der Waals surface area contributed by atoms with Crippen molar-refractivity contribution in [2.75, 3.05) is 12.4 Å². The summed E-state index contributed by atoms with van der Waals surface area (Å²) in [6, 6.07) is 11.8. The smallest absolute Gasteiger partial charge is 0.188 e. The lowest BCUT2D eigenvalue weighted by atomic mass is 10.2. The summed E-state index contributed by atoms with van der Waals surface area (Å²) in [6.45, 7) is 2.01. The van der Waals surface area contributed by atoms with Crippen molar-refractivity contribution in [2.24, 2.45) is 0 Å². The van der Waals surface area contributed by atoms with Gasteiger partial charge in [-0.05, 0) is 30.7 Å². The van der Waals surface area contributed by atoms with Gasteiger partial charge in [-0.1, -0.05) is 18.2 Å². The summed E-state index contributed by atoms with van der Waals surface area (Å²) in [7, 11) is 1.66. The summed E-state index contributed by atoms with van der Waals surface area (Å²) >= 11 is 1.55. The topological polar surface area (TPSA) is 47.0 Å². The number of anilines is 2. The van der Waals surface area contributed by atoms with Crippen molar-refractivity contribution in [3.8, 4) is 17.0 Å². The van der Waals surface area contributed by atoms with Crippen molar-refractivity contribution >= 4 is 22.3 Å². The van der Waals surface area contributed by atoms with Crippen LogP contribution in [0.5, 0.6) is 5.75 Å². The predicted octanol–water partition coefficient (Wildman–Crippen LogP) is 4.27. The van der Waals surface area contributed by atoms with Crippen LogP contribution in [0.3, 0.4) is 0 Å². The van der Waals surface area contributed by atoms with Crippen LogP contribution in [-0.2, 0) is 0 Å². The number of pyridine rings is 1. The highest BCUT2D eigenvalue weighted by Gasteiger charge is 2.06. The molecule has 0 radical (unpaired) electrons. The van der Waals surface area contributed by atoms with E-state index in [9.17, 15) is 0 Å². The van der Waals surface area contributed by atoms with Gasteiger partial charge in [-0.15, -0.1) is 11.3 Å². The van der Waals surface area contributed by atoms with Crippen LogP contribution in [-0.4, -0.2) is 17.1 Å². The Hall–Kier alpha value is -2.40. The van der Waals surface area contributed by atoms with Crippen LogP contribution < -0.4 is 10.1 Å². The zero-order valence-corrected chi connectivity index (χ0v) is 12.6. The van der Waals surface area contributed by atoms with Crippen molar-refractivity contribution in [3.63, 3.8) is 0 Å². The molecule has 0 aliphatic heterocycles. The molecule has 0 aliphatic rings. The van der Waals surface area contributed by atoms with Crippen LogP contribution in [0, 0.1) is 6.92 Å². The summed E-state index contributed by atoms with van der Waals surface area (Å²) < 4.78 is 5.24. The molecule has 2 heterocycles. The van der Waals surface area contributed by atoms with Gasteiger partial charge < -0.3 is 10.1 Å². The van der Waals surface area contributed by atoms with Crippen LogP contribution in [0.15, 0.2) is 48.0 Å². The van der Waals surface area contributed by atoms with E-state index in [2.05, 4.69) is 15.3 Å². The summed E-state index contributed by atoms with van der Waals surface area (Å²) in [6.07, 6.45) is 1.83. The Labute approximate surface area is 127 Å². The van der Waals surface area contributed by atoms with Crippen molar-refractivity contribution in [1.82, 2.24) is 9.97 Å². The highest BCUT2D eigenvalue weighted by molar-refractivity contribution is 7.14. The molecule has 0 spiro atoms. The highest BCUT2D eigenvalue weighted by atomic mass is 32.1. The maximum atomic E-state index is 5.24. The van der Waals surface area contributed by atoms with Gasteiger partial charge in [0.2, 0.25) is 0 Å². The first-order valence-corrected chi connectivity index (χ1v) is 7.42. The molecular formula is C16H15N3OS.